The zero-order valence-electron chi connectivity index (χ0n) is 11.7. The molecular weight excluding hydrogens is 292 g/mol. The van der Waals surface area contributed by atoms with Crippen LogP contribution in [0.3, 0.4) is 0 Å². The monoisotopic (exact) mass is 310 g/mol. The van der Waals surface area contributed by atoms with E-state index in [4.69, 9.17) is 4.74 Å². The summed E-state index contributed by atoms with van der Waals surface area (Å²) in [5.41, 5.74) is 0.637. The molecule has 0 saturated carbocycles. The SMILES string of the molecule is COc1cccc(NC(=O)CN2CCSCC2C(=O)O)c1. The third-order valence-electron chi connectivity index (χ3n) is 3.22. The van der Waals surface area contributed by atoms with Crippen LogP contribution in [0.4, 0.5) is 5.69 Å². The molecule has 1 saturated heterocycles. The predicted molar refractivity (Wildman–Crippen MR) is 81.9 cm³/mol. The van der Waals surface area contributed by atoms with Gasteiger partial charge in [-0.05, 0) is 12.1 Å². The summed E-state index contributed by atoms with van der Waals surface area (Å²) in [4.78, 5) is 24.9. The maximum Gasteiger partial charge on any atom is 0.321 e. The summed E-state index contributed by atoms with van der Waals surface area (Å²) in [5, 5.41) is 11.9. The van der Waals surface area contributed by atoms with Crippen LogP contribution < -0.4 is 10.1 Å². The van der Waals surface area contributed by atoms with Crippen LogP contribution in [-0.2, 0) is 9.59 Å². The van der Waals surface area contributed by atoms with E-state index in [9.17, 15) is 14.7 Å². The highest BCUT2D eigenvalue weighted by Crippen LogP contribution is 2.18. The Morgan fingerprint density at radius 3 is 3.05 bits per heavy atom. The van der Waals surface area contributed by atoms with Crippen molar-refractivity contribution in [2.45, 2.75) is 6.04 Å². The number of aliphatic carboxylic acids is 1. The molecule has 1 aliphatic heterocycles. The van der Waals surface area contributed by atoms with Gasteiger partial charge in [-0.1, -0.05) is 6.07 Å². The number of carboxylic acids is 1. The van der Waals surface area contributed by atoms with Gasteiger partial charge in [0.2, 0.25) is 5.91 Å². The van der Waals surface area contributed by atoms with Gasteiger partial charge in [-0.2, -0.15) is 11.8 Å². The lowest BCUT2D eigenvalue weighted by Gasteiger charge is -2.31. The number of rotatable bonds is 5. The fourth-order valence-corrected chi connectivity index (χ4v) is 3.25. The Kier molecular flexibility index (Phi) is 5.46. The van der Waals surface area contributed by atoms with Crippen molar-refractivity contribution in [2.75, 3.05) is 37.0 Å². The Morgan fingerprint density at radius 2 is 2.33 bits per heavy atom. The molecule has 1 aromatic carbocycles. The summed E-state index contributed by atoms with van der Waals surface area (Å²) >= 11 is 1.60. The number of carbonyl (C=O) groups excluding carboxylic acids is 1. The Morgan fingerprint density at radius 1 is 1.52 bits per heavy atom. The molecule has 2 N–H and O–H groups in total. The van der Waals surface area contributed by atoms with Crippen LogP contribution in [0.5, 0.6) is 5.75 Å². The van der Waals surface area contributed by atoms with Crippen molar-refractivity contribution >= 4 is 29.3 Å². The third kappa shape index (κ3) is 4.37. The molecule has 0 aliphatic carbocycles. The molecule has 6 nitrogen and oxygen atoms in total. The first-order valence-electron chi connectivity index (χ1n) is 6.58. The lowest BCUT2D eigenvalue weighted by molar-refractivity contribution is -0.142. The van der Waals surface area contributed by atoms with E-state index in [0.717, 1.165) is 5.75 Å². The maximum absolute atomic E-state index is 12.1. The molecule has 1 aromatic rings. The quantitative estimate of drug-likeness (QED) is 0.849. The molecule has 2 rings (SSSR count). The number of methoxy groups -OCH3 is 1. The zero-order valence-corrected chi connectivity index (χ0v) is 12.6. The molecule has 1 unspecified atom stereocenters. The normalized spacial score (nSPS) is 19.0. The van der Waals surface area contributed by atoms with Gasteiger partial charge in [-0.3, -0.25) is 14.5 Å². The summed E-state index contributed by atoms with van der Waals surface area (Å²) in [6.07, 6.45) is 0. The van der Waals surface area contributed by atoms with E-state index in [1.807, 2.05) is 0 Å². The summed E-state index contributed by atoms with van der Waals surface area (Å²) in [6, 6.07) is 6.46. The molecule has 7 heteroatoms. The third-order valence-corrected chi connectivity index (χ3v) is 4.25. The van der Waals surface area contributed by atoms with E-state index in [2.05, 4.69) is 5.32 Å². The fraction of sp³-hybridized carbons (Fsp3) is 0.429. The molecule has 1 amide bonds. The summed E-state index contributed by atoms with van der Waals surface area (Å²) in [5.74, 6) is 0.918. The van der Waals surface area contributed by atoms with Crippen LogP contribution >= 0.6 is 11.8 Å². The van der Waals surface area contributed by atoms with Crippen molar-refractivity contribution in [1.29, 1.82) is 0 Å². The number of nitrogens with one attached hydrogen (secondary N) is 1. The van der Waals surface area contributed by atoms with E-state index >= 15 is 0 Å². The molecule has 0 bridgehead atoms. The van der Waals surface area contributed by atoms with Gasteiger partial charge >= 0.3 is 5.97 Å². The van der Waals surface area contributed by atoms with Crippen LogP contribution in [0, 0.1) is 0 Å². The number of carbonyl (C=O) groups is 2. The first-order chi connectivity index (χ1) is 10.1. The van der Waals surface area contributed by atoms with Crippen molar-refractivity contribution in [2.24, 2.45) is 0 Å². The summed E-state index contributed by atoms with van der Waals surface area (Å²) < 4.78 is 5.09. The van der Waals surface area contributed by atoms with Gasteiger partial charge in [-0.25, -0.2) is 0 Å². The number of amides is 1. The van der Waals surface area contributed by atoms with Crippen LogP contribution in [0.2, 0.25) is 0 Å². The van der Waals surface area contributed by atoms with Gasteiger partial charge in [0.1, 0.15) is 11.8 Å². The molecule has 0 aromatic heterocycles. The van der Waals surface area contributed by atoms with Crippen LogP contribution in [0.1, 0.15) is 0 Å². The number of anilines is 1. The van der Waals surface area contributed by atoms with E-state index < -0.39 is 12.0 Å². The van der Waals surface area contributed by atoms with E-state index in [1.54, 1.807) is 48.0 Å². The van der Waals surface area contributed by atoms with Crippen molar-refractivity contribution in [3.63, 3.8) is 0 Å². The van der Waals surface area contributed by atoms with Gasteiger partial charge < -0.3 is 15.2 Å². The van der Waals surface area contributed by atoms with Gasteiger partial charge in [0.15, 0.2) is 0 Å². The van der Waals surface area contributed by atoms with Gasteiger partial charge in [0.05, 0.1) is 13.7 Å². The number of carboxylic acid groups (broad SMARTS) is 1. The standard InChI is InChI=1S/C14H18N2O4S/c1-20-11-4-2-3-10(7-11)15-13(17)8-16-5-6-21-9-12(16)14(18)19/h2-4,7,12H,5-6,8-9H2,1H3,(H,15,17)(H,18,19). The minimum Gasteiger partial charge on any atom is -0.497 e. The molecule has 21 heavy (non-hydrogen) atoms. The van der Waals surface area contributed by atoms with Crippen LogP contribution in [0.15, 0.2) is 24.3 Å². The van der Waals surface area contributed by atoms with Gasteiger partial charge in [-0.15, -0.1) is 0 Å². The number of thioether (sulfide) groups is 1. The van der Waals surface area contributed by atoms with Crippen molar-refractivity contribution in [3.05, 3.63) is 24.3 Å². The molecule has 0 spiro atoms. The van der Waals surface area contributed by atoms with Gasteiger partial charge in [0.25, 0.3) is 0 Å². The smallest absolute Gasteiger partial charge is 0.321 e. The maximum atomic E-state index is 12.1. The number of ether oxygens (including phenoxy) is 1. The first-order valence-corrected chi connectivity index (χ1v) is 7.74. The average Bonchev–Trinajstić information content (AvgIpc) is 2.47. The number of hydrogen-bond acceptors (Lipinski definition) is 5. The fourth-order valence-electron chi connectivity index (χ4n) is 2.14. The van der Waals surface area contributed by atoms with E-state index in [-0.39, 0.29) is 12.5 Å². The van der Waals surface area contributed by atoms with Crippen LogP contribution in [0.25, 0.3) is 0 Å². The highest BCUT2D eigenvalue weighted by molar-refractivity contribution is 7.99. The van der Waals surface area contributed by atoms with Crippen LogP contribution in [-0.4, -0.2) is 59.6 Å². The van der Waals surface area contributed by atoms with Gasteiger partial charge in [0, 0.05) is 29.8 Å². The lowest BCUT2D eigenvalue weighted by atomic mass is 10.2. The average molecular weight is 310 g/mol. The highest BCUT2D eigenvalue weighted by atomic mass is 32.2. The number of hydrogen-bond donors (Lipinski definition) is 2. The second-order valence-corrected chi connectivity index (χ2v) is 5.83. The minimum atomic E-state index is -0.878. The predicted octanol–water partition coefficient (Wildman–Crippen LogP) is 1.14. The minimum absolute atomic E-state index is 0.0781. The first kappa shape index (κ1) is 15.7. The molecule has 0 radical (unpaired) electrons. The Bertz CT molecular complexity index is 523. The number of benzene rings is 1. The Labute approximate surface area is 127 Å². The van der Waals surface area contributed by atoms with Crippen molar-refractivity contribution < 1.29 is 19.4 Å². The molecule has 1 atom stereocenters. The molecular formula is C14H18N2O4S. The molecule has 1 fully saturated rings. The second-order valence-electron chi connectivity index (χ2n) is 4.68. The largest absolute Gasteiger partial charge is 0.497 e. The topological polar surface area (TPSA) is 78.9 Å². The molecule has 114 valence electrons. The molecule has 1 aliphatic rings. The van der Waals surface area contributed by atoms with Crippen molar-refractivity contribution in [3.8, 4) is 5.75 Å². The lowest BCUT2D eigenvalue weighted by Crippen LogP contribution is -2.50. The number of nitrogens with zero attached hydrogens (tertiary/aromatic N) is 1. The second kappa shape index (κ2) is 7.33. The van der Waals surface area contributed by atoms with E-state index in [0.29, 0.717) is 23.7 Å². The Balaban J connectivity index is 1.95. The summed E-state index contributed by atoms with van der Waals surface area (Å²) in [6.45, 7) is 0.682. The highest BCUT2D eigenvalue weighted by Gasteiger charge is 2.30. The van der Waals surface area contributed by atoms with E-state index in [1.165, 1.54) is 0 Å². The Hall–Kier alpha value is -1.73. The molecule has 1 heterocycles. The van der Waals surface area contributed by atoms with Crippen molar-refractivity contribution in [1.82, 2.24) is 4.90 Å². The summed E-state index contributed by atoms with van der Waals surface area (Å²) in [7, 11) is 1.56. The zero-order chi connectivity index (χ0) is 15.2.